The second-order valence-corrected chi connectivity index (χ2v) is 12.4. The summed E-state index contributed by atoms with van der Waals surface area (Å²) in [5.74, 6) is 1.77. The number of hydrogen-bond donors (Lipinski definition) is 0. The molecule has 3 fully saturated rings. The molecule has 9 heteroatoms. The minimum Gasteiger partial charge on any atom is -0.490 e. The number of piperidine rings is 1. The Bertz CT molecular complexity index is 1060. The third-order valence-corrected chi connectivity index (χ3v) is 8.55. The van der Waals surface area contributed by atoms with Crippen molar-refractivity contribution >= 4 is 15.9 Å². The number of fused-ring (bicyclic) bond motifs is 2. The van der Waals surface area contributed by atoms with Crippen LogP contribution in [0.4, 0.5) is 6.01 Å². The van der Waals surface area contributed by atoms with E-state index in [1.807, 2.05) is 0 Å². The van der Waals surface area contributed by atoms with E-state index in [2.05, 4.69) is 28.9 Å². The van der Waals surface area contributed by atoms with Crippen LogP contribution < -0.4 is 9.64 Å². The zero-order valence-electron chi connectivity index (χ0n) is 20.2. The third kappa shape index (κ3) is 5.10. The first kappa shape index (κ1) is 23.6. The van der Waals surface area contributed by atoms with Gasteiger partial charge in [0.25, 0.3) is 0 Å². The summed E-state index contributed by atoms with van der Waals surface area (Å²) in [5, 5.41) is 4.15. The summed E-state index contributed by atoms with van der Waals surface area (Å²) < 4.78 is 41.5. The molecule has 0 amide bonds. The summed E-state index contributed by atoms with van der Waals surface area (Å²) in [4.78, 5) is 7.30. The lowest BCUT2D eigenvalue weighted by atomic mass is 9.93. The van der Waals surface area contributed by atoms with Crippen LogP contribution in [0.25, 0.3) is 0 Å². The summed E-state index contributed by atoms with van der Waals surface area (Å²) in [6, 6.07) is 8.22. The molecule has 2 aliphatic heterocycles. The lowest BCUT2D eigenvalue weighted by molar-refractivity contribution is -0.0586. The largest absolute Gasteiger partial charge is 0.490 e. The van der Waals surface area contributed by atoms with Crippen molar-refractivity contribution in [3.63, 3.8) is 0 Å². The first-order chi connectivity index (χ1) is 16.3. The van der Waals surface area contributed by atoms with Gasteiger partial charge in [0, 0.05) is 24.3 Å². The van der Waals surface area contributed by atoms with Crippen LogP contribution in [0.2, 0.25) is 0 Å². The Morgan fingerprint density at radius 1 is 0.941 bits per heavy atom. The molecule has 5 rings (SSSR count). The molecule has 2 saturated heterocycles. The average Bonchev–Trinajstić information content (AvgIpc) is 3.37. The van der Waals surface area contributed by atoms with Gasteiger partial charge in [-0.15, -0.1) is 0 Å². The Hall–Kier alpha value is -2.13. The molecule has 1 aromatic heterocycles. The van der Waals surface area contributed by atoms with E-state index in [1.54, 1.807) is 24.3 Å². The van der Waals surface area contributed by atoms with E-state index >= 15 is 0 Å². The second-order valence-electron chi connectivity index (χ2n) is 10.4. The fourth-order valence-electron chi connectivity index (χ4n) is 5.63. The number of ether oxygens (including phenoxy) is 2. The lowest BCUT2D eigenvalue weighted by Crippen LogP contribution is -2.47. The Morgan fingerprint density at radius 3 is 2.12 bits per heavy atom. The van der Waals surface area contributed by atoms with Crippen molar-refractivity contribution in [1.29, 1.82) is 0 Å². The van der Waals surface area contributed by atoms with Gasteiger partial charge in [-0.2, -0.15) is 4.98 Å². The van der Waals surface area contributed by atoms with Gasteiger partial charge in [-0.25, -0.2) is 8.42 Å². The summed E-state index contributed by atoms with van der Waals surface area (Å²) >= 11 is 0. The fourth-order valence-corrected chi connectivity index (χ4v) is 6.26. The van der Waals surface area contributed by atoms with Crippen LogP contribution in [0, 0.1) is 0 Å². The highest BCUT2D eigenvalue weighted by atomic mass is 32.2. The highest BCUT2D eigenvalue weighted by molar-refractivity contribution is 7.90. The van der Waals surface area contributed by atoms with Crippen LogP contribution in [-0.4, -0.2) is 55.2 Å². The molecule has 1 aliphatic carbocycles. The van der Waals surface area contributed by atoms with Gasteiger partial charge in [0.1, 0.15) is 5.75 Å². The third-order valence-electron chi connectivity index (χ3n) is 7.42. The van der Waals surface area contributed by atoms with Gasteiger partial charge in [0.05, 0.1) is 23.2 Å². The Balaban J connectivity index is 1.10. The van der Waals surface area contributed by atoms with Crippen LogP contribution in [-0.2, 0) is 14.6 Å². The Kier molecular flexibility index (Phi) is 6.59. The van der Waals surface area contributed by atoms with Gasteiger partial charge in [-0.3, -0.25) is 0 Å². The first-order valence-corrected chi connectivity index (χ1v) is 14.4. The Morgan fingerprint density at radius 2 is 1.56 bits per heavy atom. The number of nitrogens with zero attached hydrogens (tertiary/aromatic N) is 3. The molecule has 1 saturated carbocycles. The molecular formula is C25H35N3O5S. The average molecular weight is 490 g/mol. The minimum atomic E-state index is -3.19. The van der Waals surface area contributed by atoms with Crippen molar-refractivity contribution in [3.8, 4) is 5.75 Å². The van der Waals surface area contributed by atoms with Crippen LogP contribution in [0.3, 0.4) is 0 Å². The predicted octanol–water partition coefficient (Wildman–Crippen LogP) is 4.50. The van der Waals surface area contributed by atoms with Gasteiger partial charge >= 0.3 is 6.01 Å². The van der Waals surface area contributed by atoms with Gasteiger partial charge in [-0.1, -0.05) is 19.0 Å². The first-order valence-electron chi connectivity index (χ1n) is 12.5. The van der Waals surface area contributed by atoms with Crippen molar-refractivity contribution in [2.75, 3.05) is 11.2 Å². The molecule has 2 bridgehead atoms. The summed E-state index contributed by atoms with van der Waals surface area (Å²) in [6.07, 6.45) is 10.1. The maximum absolute atomic E-state index is 11.6. The van der Waals surface area contributed by atoms with E-state index in [0.29, 0.717) is 23.0 Å². The van der Waals surface area contributed by atoms with Crippen molar-refractivity contribution in [2.24, 2.45) is 0 Å². The van der Waals surface area contributed by atoms with Gasteiger partial charge in [0.2, 0.25) is 0 Å². The number of benzene rings is 1. The molecular weight excluding hydrogens is 454 g/mol. The number of hydrogen-bond acceptors (Lipinski definition) is 8. The van der Waals surface area contributed by atoms with E-state index in [-0.39, 0.29) is 24.2 Å². The van der Waals surface area contributed by atoms with Crippen molar-refractivity contribution in [2.45, 2.75) is 106 Å². The summed E-state index contributed by atoms with van der Waals surface area (Å²) in [6.45, 7) is 4.16. The quantitative estimate of drug-likeness (QED) is 0.561. The van der Waals surface area contributed by atoms with E-state index < -0.39 is 9.84 Å². The van der Waals surface area contributed by atoms with Crippen molar-refractivity contribution in [1.82, 2.24) is 10.1 Å². The zero-order valence-corrected chi connectivity index (χ0v) is 21.0. The molecule has 1 aromatic carbocycles. The van der Waals surface area contributed by atoms with E-state index in [9.17, 15) is 8.42 Å². The summed E-state index contributed by atoms with van der Waals surface area (Å²) in [5.41, 5.74) is 0. The second kappa shape index (κ2) is 9.49. The number of rotatable bonds is 7. The molecule has 186 valence electrons. The molecule has 0 radical (unpaired) electrons. The molecule has 0 unspecified atom stereocenters. The van der Waals surface area contributed by atoms with E-state index in [0.717, 1.165) is 62.9 Å². The number of sulfone groups is 1. The van der Waals surface area contributed by atoms with Crippen LogP contribution in [0.15, 0.2) is 33.7 Å². The fraction of sp³-hybridized carbons (Fsp3) is 0.680. The van der Waals surface area contributed by atoms with E-state index in [1.165, 1.54) is 6.26 Å². The topological polar surface area (TPSA) is 94.8 Å². The van der Waals surface area contributed by atoms with Crippen LogP contribution in [0.1, 0.15) is 77.0 Å². The monoisotopic (exact) mass is 489 g/mol. The highest BCUT2D eigenvalue weighted by Gasteiger charge is 2.44. The maximum Gasteiger partial charge on any atom is 0.324 e. The molecule has 0 spiro atoms. The molecule has 34 heavy (non-hydrogen) atoms. The predicted molar refractivity (Wildman–Crippen MR) is 128 cm³/mol. The molecule has 0 N–H and O–H groups in total. The smallest absolute Gasteiger partial charge is 0.324 e. The van der Waals surface area contributed by atoms with Gasteiger partial charge in [-0.05, 0) is 75.6 Å². The van der Waals surface area contributed by atoms with Gasteiger partial charge in [0.15, 0.2) is 15.7 Å². The van der Waals surface area contributed by atoms with E-state index in [4.69, 9.17) is 14.0 Å². The minimum absolute atomic E-state index is 0.148. The molecule has 8 nitrogen and oxygen atoms in total. The van der Waals surface area contributed by atoms with Crippen molar-refractivity contribution < 1.29 is 22.4 Å². The summed E-state index contributed by atoms with van der Waals surface area (Å²) in [7, 11) is -3.19. The Labute approximate surface area is 201 Å². The SMILES string of the molecule is CC(C)c1noc(N2[C@H]3CC[C@H]2CC(OC2CCC(Oc4ccc(S(C)(=O)=O)cc4)CC2)C3)n1. The van der Waals surface area contributed by atoms with Gasteiger partial charge < -0.3 is 18.9 Å². The van der Waals surface area contributed by atoms with Crippen molar-refractivity contribution in [3.05, 3.63) is 30.1 Å². The molecule has 2 atom stereocenters. The molecule has 2 aromatic rings. The van der Waals surface area contributed by atoms with Crippen LogP contribution >= 0.6 is 0 Å². The molecule has 3 aliphatic rings. The standard InChI is InChI=1S/C25H35N3O5S/c1-16(2)24-26-25(33-27-24)28-17-4-5-18(28)15-22(14-17)32-20-8-6-19(7-9-20)31-21-10-12-23(13-11-21)34(3,29)30/h10-13,16-20,22H,4-9,14-15H2,1-3H3/t17-,18-,19?,20?/m0/s1. The maximum atomic E-state index is 11.6. The van der Waals surface area contributed by atoms with Crippen LogP contribution in [0.5, 0.6) is 5.75 Å². The highest BCUT2D eigenvalue weighted by Crippen LogP contribution is 2.41. The number of anilines is 1. The number of aromatic nitrogens is 2. The normalized spacial score (nSPS) is 29.5. The zero-order chi connectivity index (χ0) is 23.9. The molecule has 3 heterocycles. The lowest BCUT2D eigenvalue weighted by Gasteiger charge is -2.39.